The molecule has 1 N–H and O–H groups in total. The summed E-state index contributed by atoms with van der Waals surface area (Å²) in [6.07, 6.45) is 0.188. The summed E-state index contributed by atoms with van der Waals surface area (Å²) in [5.41, 5.74) is 1.61. The molecule has 126 valence electrons. The minimum Gasteiger partial charge on any atom is -0.495 e. The molecule has 1 fully saturated rings. The second kappa shape index (κ2) is 6.60. The van der Waals surface area contributed by atoms with Crippen LogP contribution in [0.4, 0.5) is 10.8 Å². The molecule has 24 heavy (non-hydrogen) atoms. The second-order valence-corrected chi connectivity index (χ2v) is 6.93. The summed E-state index contributed by atoms with van der Waals surface area (Å²) in [6, 6.07) is 7.32. The Kier molecular flexibility index (Phi) is 4.53. The number of carbonyl (C=O) groups is 2. The Morgan fingerprint density at radius 3 is 2.79 bits per heavy atom. The van der Waals surface area contributed by atoms with Crippen LogP contribution in [0.2, 0.25) is 0 Å². The lowest BCUT2D eigenvalue weighted by atomic mass is 10.1. The number of rotatable bonds is 4. The molecule has 1 unspecified atom stereocenters. The highest BCUT2D eigenvalue weighted by Gasteiger charge is 2.36. The Labute approximate surface area is 144 Å². The maximum absolute atomic E-state index is 12.5. The molecular formula is C17H19N3O3S. The number of anilines is 2. The lowest BCUT2D eigenvalue weighted by molar-refractivity contribution is -0.122. The van der Waals surface area contributed by atoms with E-state index in [4.69, 9.17) is 4.74 Å². The standard InChI is InChI=1S/C17H19N3O3S/c1-10-11(2)24-17(18-10)19-16(22)12-8-15(21)20(9-12)13-6-4-5-7-14(13)23-3/h4-7,12H,8-9H2,1-3H3,(H,18,19,22). The van der Waals surface area contributed by atoms with Crippen LogP contribution < -0.4 is 15.0 Å². The SMILES string of the molecule is COc1ccccc1N1CC(C(=O)Nc2nc(C)c(C)s2)CC1=O. The number of amides is 2. The van der Waals surface area contributed by atoms with Crippen LogP contribution in [0.5, 0.6) is 5.75 Å². The van der Waals surface area contributed by atoms with Crippen LogP contribution in [0, 0.1) is 19.8 Å². The number of aromatic nitrogens is 1. The number of hydrogen-bond donors (Lipinski definition) is 1. The van der Waals surface area contributed by atoms with Crippen molar-refractivity contribution in [3.8, 4) is 5.75 Å². The topological polar surface area (TPSA) is 71.5 Å². The number of hydrogen-bond acceptors (Lipinski definition) is 5. The summed E-state index contributed by atoms with van der Waals surface area (Å²) >= 11 is 1.44. The quantitative estimate of drug-likeness (QED) is 0.925. The number of thiazole rings is 1. The van der Waals surface area contributed by atoms with E-state index in [1.54, 1.807) is 18.1 Å². The zero-order chi connectivity index (χ0) is 17.3. The van der Waals surface area contributed by atoms with Crippen molar-refractivity contribution >= 4 is 34.0 Å². The minimum atomic E-state index is -0.396. The van der Waals surface area contributed by atoms with Crippen molar-refractivity contribution in [2.75, 3.05) is 23.9 Å². The lowest BCUT2D eigenvalue weighted by Gasteiger charge is -2.19. The van der Waals surface area contributed by atoms with Gasteiger partial charge in [-0.15, -0.1) is 11.3 Å². The van der Waals surface area contributed by atoms with Crippen molar-refractivity contribution in [2.45, 2.75) is 20.3 Å². The van der Waals surface area contributed by atoms with Crippen molar-refractivity contribution in [2.24, 2.45) is 5.92 Å². The van der Waals surface area contributed by atoms with E-state index in [0.717, 1.165) is 10.6 Å². The van der Waals surface area contributed by atoms with Gasteiger partial charge in [-0.05, 0) is 26.0 Å². The normalized spacial score (nSPS) is 17.2. The number of nitrogens with zero attached hydrogens (tertiary/aromatic N) is 2. The third kappa shape index (κ3) is 3.12. The minimum absolute atomic E-state index is 0.0776. The zero-order valence-electron chi connectivity index (χ0n) is 13.8. The predicted octanol–water partition coefficient (Wildman–Crippen LogP) is 2.76. The highest BCUT2D eigenvalue weighted by atomic mass is 32.1. The molecule has 1 aliphatic heterocycles. The van der Waals surface area contributed by atoms with Gasteiger partial charge in [-0.1, -0.05) is 12.1 Å². The number of methoxy groups -OCH3 is 1. The maximum Gasteiger partial charge on any atom is 0.231 e. The fraction of sp³-hybridized carbons (Fsp3) is 0.353. The number of ether oxygens (including phenoxy) is 1. The third-order valence-corrected chi connectivity index (χ3v) is 5.12. The Morgan fingerprint density at radius 1 is 1.38 bits per heavy atom. The van der Waals surface area contributed by atoms with Crippen molar-refractivity contribution < 1.29 is 14.3 Å². The molecule has 0 bridgehead atoms. The van der Waals surface area contributed by atoms with Gasteiger partial charge >= 0.3 is 0 Å². The van der Waals surface area contributed by atoms with Crippen LogP contribution in [0.1, 0.15) is 17.0 Å². The first-order valence-electron chi connectivity index (χ1n) is 7.68. The first-order valence-corrected chi connectivity index (χ1v) is 8.49. The van der Waals surface area contributed by atoms with E-state index in [-0.39, 0.29) is 18.2 Å². The molecular weight excluding hydrogens is 326 g/mol. The fourth-order valence-electron chi connectivity index (χ4n) is 2.70. The molecule has 3 rings (SSSR count). The third-order valence-electron chi connectivity index (χ3n) is 4.13. The van der Waals surface area contributed by atoms with E-state index in [1.807, 2.05) is 32.0 Å². The molecule has 0 spiro atoms. The molecule has 1 aliphatic rings. The molecule has 2 aromatic rings. The first kappa shape index (κ1) is 16.4. The van der Waals surface area contributed by atoms with Crippen LogP contribution in [0.15, 0.2) is 24.3 Å². The van der Waals surface area contributed by atoms with Gasteiger partial charge in [0.1, 0.15) is 5.75 Å². The van der Waals surface area contributed by atoms with Gasteiger partial charge in [0, 0.05) is 17.8 Å². The van der Waals surface area contributed by atoms with Crippen molar-refractivity contribution in [3.05, 3.63) is 34.8 Å². The number of para-hydroxylation sites is 2. The summed E-state index contributed by atoms with van der Waals surface area (Å²) in [7, 11) is 1.57. The molecule has 1 aromatic carbocycles. The molecule has 1 aromatic heterocycles. The van der Waals surface area contributed by atoms with E-state index in [9.17, 15) is 9.59 Å². The van der Waals surface area contributed by atoms with Gasteiger partial charge in [-0.25, -0.2) is 4.98 Å². The van der Waals surface area contributed by atoms with E-state index in [2.05, 4.69) is 10.3 Å². The molecule has 1 atom stereocenters. The Morgan fingerprint density at radius 2 is 2.12 bits per heavy atom. The van der Waals surface area contributed by atoms with Crippen LogP contribution in [-0.2, 0) is 9.59 Å². The van der Waals surface area contributed by atoms with Gasteiger partial charge < -0.3 is 15.0 Å². The van der Waals surface area contributed by atoms with Gasteiger partial charge in [-0.2, -0.15) is 0 Å². The van der Waals surface area contributed by atoms with Gasteiger partial charge in [0.05, 0.1) is 24.4 Å². The van der Waals surface area contributed by atoms with Crippen LogP contribution in [0.3, 0.4) is 0 Å². The molecule has 2 amide bonds. The van der Waals surface area contributed by atoms with Gasteiger partial charge in [0.25, 0.3) is 0 Å². The van der Waals surface area contributed by atoms with Crippen molar-refractivity contribution in [1.82, 2.24) is 4.98 Å². The number of carbonyl (C=O) groups excluding carboxylic acids is 2. The highest BCUT2D eigenvalue weighted by molar-refractivity contribution is 7.15. The highest BCUT2D eigenvalue weighted by Crippen LogP contribution is 2.33. The van der Waals surface area contributed by atoms with Crippen molar-refractivity contribution in [1.29, 1.82) is 0 Å². The molecule has 1 saturated heterocycles. The summed E-state index contributed by atoms with van der Waals surface area (Å²) in [6.45, 7) is 4.21. The largest absolute Gasteiger partial charge is 0.495 e. The summed E-state index contributed by atoms with van der Waals surface area (Å²) < 4.78 is 5.31. The summed E-state index contributed by atoms with van der Waals surface area (Å²) in [4.78, 5) is 31.8. The van der Waals surface area contributed by atoms with E-state index in [1.165, 1.54) is 11.3 Å². The van der Waals surface area contributed by atoms with Gasteiger partial charge in [-0.3, -0.25) is 9.59 Å². The number of benzene rings is 1. The Hall–Kier alpha value is -2.41. The van der Waals surface area contributed by atoms with Gasteiger partial charge in [0.15, 0.2) is 5.13 Å². The summed E-state index contributed by atoms with van der Waals surface area (Å²) in [5.74, 6) is -0.0225. The predicted molar refractivity (Wildman–Crippen MR) is 93.7 cm³/mol. The lowest BCUT2D eigenvalue weighted by Crippen LogP contribution is -2.28. The van der Waals surface area contributed by atoms with E-state index in [0.29, 0.717) is 23.1 Å². The number of nitrogens with one attached hydrogen (secondary N) is 1. The second-order valence-electron chi connectivity index (χ2n) is 5.73. The molecule has 0 radical (unpaired) electrons. The Bertz CT molecular complexity index is 768. The van der Waals surface area contributed by atoms with Crippen LogP contribution >= 0.6 is 11.3 Å². The van der Waals surface area contributed by atoms with Crippen molar-refractivity contribution in [3.63, 3.8) is 0 Å². The van der Waals surface area contributed by atoms with Crippen LogP contribution in [-0.4, -0.2) is 30.5 Å². The maximum atomic E-state index is 12.5. The van der Waals surface area contributed by atoms with E-state index < -0.39 is 5.92 Å². The molecule has 7 heteroatoms. The zero-order valence-corrected chi connectivity index (χ0v) is 14.6. The monoisotopic (exact) mass is 345 g/mol. The Balaban J connectivity index is 1.73. The molecule has 0 aliphatic carbocycles. The van der Waals surface area contributed by atoms with Gasteiger partial charge in [0.2, 0.25) is 11.8 Å². The van der Waals surface area contributed by atoms with E-state index >= 15 is 0 Å². The molecule has 0 saturated carbocycles. The summed E-state index contributed by atoms with van der Waals surface area (Å²) in [5, 5.41) is 3.41. The fourth-order valence-corrected chi connectivity index (χ4v) is 3.52. The average molecular weight is 345 g/mol. The number of aryl methyl sites for hydroxylation is 2. The molecule has 6 nitrogen and oxygen atoms in total. The smallest absolute Gasteiger partial charge is 0.231 e. The van der Waals surface area contributed by atoms with Crippen LogP contribution in [0.25, 0.3) is 0 Å². The first-order chi connectivity index (χ1) is 11.5. The molecule has 2 heterocycles. The average Bonchev–Trinajstić information content (AvgIpc) is 3.10.